The molecule has 0 amide bonds. The predicted octanol–water partition coefficient (Wildman–Crippen LogP) is -4.71. The molecule has 0 spiro atoms. The standard InChI is InChI=1S/C24H36O15/c25-6-12-14(28)16(30)17(31)21(36-12)38-18-15(29)13(7-26)37-22(34-8-11-4-2-1-3-5-11)19(18)39-23-20(32)24(33,9-27)10-35-23/h1-5,12-23,25-33H,6-10H2/t12-,13-,14-,15-,16+,17-,18+,19-,20+,21+,22-,23+,24-/m0/s1. The summed E-state index contributed by atoms with van der Waals surface area (Å²) in [5, 5.41) is 91.6. The highest BCUT2D eigenvalue weighted by Gasteiger charge is 2.55. The summed E-state index contributed by atoms with van der Waals surface area (Å²) in [6.07, 6.45) is -18.9. The first-order chi connectivity index (χ1) is 18.6. The van der Waals surface area contributed by atoms with Crippen molar-refractivity contribution in [1.82, 2.24) is 0 Å². The first-order valence-corrected chi connectivity index (χ1v) is 12.5. The molecule has 39 heavy (non-hydrogen) atoms. The van der Waals surface area contributed by atoms with Crippen LogP contribution in [0.15, 0.2) is 30.3 Å². The molecule has 0 bridgehead atoms. The van der Waals surface area contributed by atoms with Crippen LogP contribution in [0.25, 0.3) is 0 Å². The lowest BCUT2D eigenvalue weighted by atomic mass is 9.96. The summed E-state index contributed by atoms with van der Waals surface area (Å²) in [5.41, 5.74) is -1.31. The van der Waals surface area contributed by atoms with Gasteiger partial charge in [-0.15, -0.1) is 0 Å². The normalized spacial score (nSPS) is 44.9. The smallest absolute Gasteiger partial charge is 0.187 e. The average molecular weight is 565 g/mol. The summed E-state index contributed by atoms with van der Waals surface area (Å²) in [4.78, 5) is 0. The van der Waals surface area contributed by atoms with Gasteiger partial charge in [0.25, 0.3) is 0 Å². The van der Waals surface area contributed by atoms with Crippen LogP contribution in [0.5, 0.6) is 0 Å². The third-order valence-corrected chi connectivity index (χ3v) is 7.07. The minimum atomic E-state index is -2.04. The minimum Gasteiger partial charge on any atom is -0.394 e. The Labute approximate surface area is 223 Å². The highest BCUT2D eigenvalue weighted by Crippen LogP contribution is 2.34. The van der Waals surface area contributed by atoms with Gasteiger partial charge in [0.05, 0.1) is 33.0 Å². The van der Waals surface area contributed by atoms with Crippen molar-refractivity contribution >= 4 is 0 Å². The molecule has 0 unspecified atom stereocenters. The zero-order valence-electron chi connectivity index (χ0n) is 20.8. The van der Waals surface area contributed by atoms with E-state index in [1.807, 2.05) is 0 Å². The van der Waals surface area contributed by atoms with Crippen molar-refractivity contribution < 1.29 is 74.4 Å². The quantitative estimate of drug-likeness (QED) is 0.130. The fourth-order valence-corrected chi connectivity index (χ4v) is 4.63. The van der Waals surface area contributed by atoms with Crippen LogP contribution in [0.2, 0.25) is 0 Å². The van der Waals surface area contributed by atoms with Gasteiger partial charge in [0.1, 0.15) is 60.5 Å². The summed E-state index contributed by atoms with van der Waals surface area (Å²) in [6.45, 7) is -2.78. The Morgan fingerprint density at radius 2 is 1.36 bits per heavy atom. The van der Waals surface area contributed by atoms with Crippen LogP contribution < -0.4 is 0 Å². The lowest BCUT2D eigenvalue weighted by molar-refractivity contribution is -0.378. The second-order valence-electron chi connectivity index (χ2n) is 9.80. The first-order valence-electron chi connectivity index (χ1n) is 12.5. The predicted molar refractivity (Wildman–Crippen MR) is 124 cm³/mol. The lowest BCUT2D eigenvalue weighted by Gasteiger charge is -2.47. The van der Waals surface area contributed by atoms with Gasteiger partial charge in [0.2, 0.25) is 0 Å². The largest absolute Gasteiger partial charge is 0.394 e. The van der Waals surface area contributed by atoms with Crippen molar-refractivity contribution in [2.45, 2.75) is 86.0 Å². The van der Waals surface area contributed by atoms with Crippen molar-refractivity contribution in [2.24, 2.45) is 0 Å². The molecule has 4 rings (SSSR count). The van der Waals surface area contributed by atoms with Crippen LogP contribution in [0.1, 0.15) is 5.56 Å². The van der Waals surface area contributed by atoms with Crippen LogP contribution in [-0.2, 0) is 35.0 Å². The molecule has 3 saturated heterocycles. The van der Waals surface area contributed by atoms with Gasteiger partial charge in [-0.05, 0) is 5.56 Å². The number of ether oxygens (including phenoxy) is 6. The molecule has 1 aromatic rings. The van der Waals surface area contributed by atoms with Crippen LogP contribution in [0, 0.1) is 0 Å². The number of aliphatic hydroxyl groups excluding tert-OH is 8. The van der Waals surface area contributed by atoms with E-state index in [1.165, 1.54) is 0 Å². The molecule has 15 nitrogen and oxygen atoms in total. The summed E-state index contributed by atoms with van der Waals surface area (Å²) in [5.74, 6) is 0. The van der Waals surface area contributed by atoms with E-state index in [1.54, 1.807) is 30.3 Å². The van der Waals surface area contributed by atoms with E-state index in [2.05, 4.69) is 0 Å². The minimum absolute atomic E-state index is 0.0268. The zero-order valence-corrected chi connectivity index (χ0v) is 20.8. The SMILES string of the molecule is OC[C@@H]1O[C@H](O[C@@H]2[C@@H](O)[C@H](CO)O[C@H](OCc3ccccc3)[C@H]2O[C@H]2OC[C@@](O)(CO)[C@@H]2O)[C@@H](O)[C@H](O)[C@H]1O. The van der Waals surface area contributed by atoms with Crippen LogP contribution in [-0.4, -0.2) is 152 Å². The summed E-state index contributed by atoms with van der Waals surface area (Å²) in [6, 6.07) is 8.89. The highest BCUT2D eigenvalue weighted by molar-refractivity contribution is 5.13. The Morgan fingerprint density at radius 1 is 0.744 bits per heavy atom. The van der Waals surface area contributed by atoms with E-state index in [9.17, 15) is 46.0 Å². The van der Waals surface area contributed by atoms with E-state index in [0.29, 0.717) is 0 Å². The van der Waals surface area contributed by atoms with Gasteiger partial charge >= 0.3 is 0 Å². The Hall–Kier alpha value is -1.38. The monoisotopic (exact) mass is 564 g/mol. The van der Waals surface area contributed by atoms with E-state index < -0.39 is 106 Å². The molecule has 0 aliphatic carbocycles. The molecule has 9 N–H and O–H groups in total. The third-order valence-electron chi connectivity index (χ3n) is 7.07. The Balaban J connectivity index is 1.61. The molecule has 0 radical (unpaired) electrons. The molecule has 1 aromatic carbocycles. The number of rotatable bonds is 10. The van der Waals surface area contributed by atoms with Crippen molar-refractivity contribution in [3.8, 4) is 0 Å². The van der Waals surface area contributed by atoms with Crippen LogP contribution in [0.4, 0.5) is 0 Å². The van der Waals surface area contributed by atoms with E-state index in [4.69, 9.17) is 28.4 Å². The van der Waals surface area contributed by atoms with Crippen molar-refractivity contribution in [3.05, 3.63) is 35.9 Å². The molecular formula is C24H36O15. The van der Waals surface area contributed by atoms with Crippen LogP contribution in [0.3, 0.4) is 0 Å². The Bertz CT molecular complexity index is 892. The Kier molecular flexibility index (Phi) is 10.2. The molecule has 13 atom stereocenters. The van der Waals surface area contributed by atoms with Gasteiger partial charge in [-0.3, -0.25) is 0 Å². The average Bonchev–Trinajstić information content (AvgIpc) is 3.24. The first kappa shape index (κ1) is 30.6. The highest BCUT2D eigenvalue weighted by atomic mass is 16.8. The fourth-order valence-electron chi connectivity index (χ4n) is 4.63. The molecule has 15 heteroatoms. The van der Waals surface area contributed by atoms with Gasteiger partial charge in [-0.25, -0.2) is 0 Å². The maximum atomic E-state index is 11.0. The zero-order chi connectivity index (χ0) is 28.3. The van der Waals surface area contributed by atoms with Crippen molar-refractivity contribution in [1.29, 1.82) is 0 Å². The lowest BCUT2D eigenvalue weighted by Crippen LogP contribution is -2.66. The maximum absolute atomic E-state index is 11.0. The van der Waals surface area contributed by atoms with Gasteiger partial charge in [0, 0.05) is 0 Å². The number of hydrogen-bond acceptors (Lipinski definition) is 15. The molecule has 0 aromatic heterocycles. The molecule has 3 aliphatic rings. The van der Waals surface area contributed by atoms with Crippen molar-refractivity contribution in [3.63, 3.8) is 0 Å². The molecule has 222 valence electrons. The molecule has 3 fully saturated rings. The summed E-state index contributed by atoms with van der Waals surface area (Å²) >= 11 is 0. The van der Waals surface area contributed by atoms with E-state index >= 15 is 0 Å². The second-order valence-corrected chi connectivity index (χ2v) is 9.80. The van der Waals surface area contributed by atoms with Crippen LogP contribution >= 0.6 is 0 Å². The van der Waals surface area contributed by atoms with Gasteiger partial charge in [0.15, 0.2) is 18.9 Å². The molecular weight excluding hydrogens is 528 g/mol. The topological polar surface area (TPSA) is 237 Å². The fraction of sp³-hybridized carbons (Fsp3) is 0.750. The number of hydrogen-bond donors (Lipinski definition) is 9. The number of aliphatic hydroxyl groups is 9. The molecule has 0 saturated carbocycles. The molecule has 3 aliphatic heterocycles. The van der Waals surface area contributed by atoms with E-state index in [0.717, 1.165) is 5.56 Å². The Morgan fingerprint density at radius 3 is 1.97 bits per heavy atom. The van der Waals surface area contributed by atoms with Crippen molar-refractivity contribution in [2.75, 3.05) is 26.4 Å². The van der Waals surface area contributed by atoms with Gasteiger partial charge in [-0.1, -0.05) is 30.3 Å². The number of benzene rings is 1. The summed E-state index contributed by atoms with van der Waals surface area (Å²) in [7, 11) is 0. The maximum Gasteiger partial charge on any atom is 0.187 e. The molecule has 3 heterocycles. The van der Waals surface area contributed by atoms with E-state index in [-0.39, 0.29) is 6.61 Å². The second kappa shape index (κ2) is 13.1. The third kappa shape index (κ3) is 6.43. The van der Waals surface area contributed by atoms with Gasteiger partial charge in [-0.2, -0.15) is 0 Å². The van der Waals surface area contributed by atoms with Gasteiger partial charge < -0.3 is 74.4 Å². The summed E-state index contributed by atoms with van der Waals surface area (Å²) < 4.78 is 34.0.